The fourth-order valence-electron chi connectivity index (χ4n) is 4.06. The second-order valence-electron chi connectivity index (χ2n) is 6.54. The Balaban J connectivity index is 1.57. The Labute approximate surface area is 129 Å². The van der Waals surface area contributed by atoms with Crippen molar-refractivity contribution in [1.82, 2.24) is 14.3 Å². The van der Waals surface area contributed by atoms with Crippen molar-refractivity contribution in [3.8, 4) is 0 Å². The summed E-state index contributed by atoms with van der Waals surface area (Å²) in [5.41, 5.74) is -0.362. The van der Waals surface area contributed by atoms with Gasteiger partial charge in [-0.2, -0.15) is 0 Å². The van der Waals surface area contributed by atoms with Crippen molar-refractivity contribution in [2.75, 3.05) is 13.2 Å². The minimum atomic E-state index is -3.60. The number of aryl methyl sites for hydroxylation is 1. The number of aliphatic hydroxyl groups is 1. The highest BCUT2D eigenvalue weighted by molar-refractivity contribution is 7.89. The molecule has 1 aromatic rings. The molecule has 1 spiro atoms. The summed E-state index contributed by atoms with van der Waals surface area (Å²) in [6, 6.07) is -0.219. The van der Waals surface area contributed by atoms with Crippen molar-refractivity contribution >= 4 is 10.0 Å². The van der Waals surface area contributed by atoms with Crippen LogP contribution in [0.3, 0.4) is 0 Å². The lowest BCUT2D eigenvalue weighted by Crippen LogP contribution is -2.65. The van der Waals surface area contributed by atoms with Gasteiger partial charge < -0.3 is 14.4 Å². The molecule has 1 saturated carbocycles. The van der Waals surface area contributed by atoms with Crippen LogP contribution in [0.2, 0.25) is 0 Å². The molecule has 22 heavy (non-hydrogen) atoms. The van der Waals surface area contributed by atoms with Crippen molar-refractivity contribution in [2.45, 2.75) is 55.8 Å². The van der Waals surface area contributed by atoms with E-state index in [4.69, 9.17) is 4.74 Å². The van der Waals surface area contributed by atoms with E-state index in [0.29, 0.717) is 39.0 Å². The van der Waals surface area contributed by atoms with Crippen LogP contribution in [0.5, 0.6) is 0 Å². The standard InChI is InChI=1S/C14H21N3O4S/c18-11-8-10(14(11)3-6-21-7-4-14)16-22(19,20)13-9-15-12-2-1-5-17(12)13/h9-11,16,18H,1-8H2/t10-,11-/m1/s1. The quantitative estimate of drug-likeness (QED) is 0.817. The number of sulfonamides is 1. The van der Waals surface area contributed by atoms with Crippen LogP contribution in [0.4, 0.5) is 0 Å². The van der Waals surface area contributed by atoms with Gasteiger partial charge in [-0.3, -0.25) is 0 Å². The van der Waals surface area contributed by atoms with E-state index in [1.165, 1.54) is 6.20 Å². The third-order valence-corrected chi connectivity index (χ3v) is 6.97. The zero-order chi connectivity index (χ0) is 15.4. The fourth-order valence-corrected chi connectivity index (χ4v) is 5.56. The Kier molecular flexibility index (Phi) is 3.34. The summed E-state index contributed by atoms with van der Waals surface area (Å²) >= 11 is 0. The number of aromatic nitrogens is 2. The maximum absolute atomic E-state index is 12.7. The summed E-state index contributed by atoms with van der Waals surface area (Å²) in [6.07, 6.45) is 4.65. The van der Waals surface area contributed by atoms with Crippen LogP contribution in [0, 0.1) is 5.41 Å². The molecule has 2 N–H and O–H groups in total. The van der Waals surface area contributed by atoms with Crippen LogP contribution >= 0.6 is 0 Å². The monoisotopic (exact) mass is 327 g/mol. The lowest BCUT2D eigenvalue weighted by Gasteiger charge is -2.55. The zero-order valence-electron chi connectivity index (χ0n) is 12.4. The van der Waals surface area contributed by atoms with Gasteiger partial charge in [0.25, 0.3) is 10.0 Å². The molecular weight excluding hydrogens is 306 g/mol. The van der Waals surface area contributed by atoms with Crippen LogP contribution < -0.4 is 4.72 Å². The van der Waals surface area contributed by atoms with E-state index in [9.17, 15) is 13.5 Å². The first-order valence-electron chi connectivity index (χ1n) is 7.85. The van der Waals surface area contributed by atoms with Gasteiger partial charge in [0.2, 0.25) is 0 Å². The number of aliphatic hydroxyl groups excluding tert-OH is 1. The summed E-state index contributed by atoms with van der Waals surface area (Å²) in [5.74, 6) is 0.842. The Morgan fingerprint density at radius 2 is 2.18 bits per heavy atom. The normalized spacial score (nSPS) is 30.2. The summed E-state index contributed by atoms with van der Waals surface area (Å²) in [4.78, 5) is 4.21. The first-order valence-corrected chi connectivity index (χ1v) is 9.34. The lowest BCUT2D eigenvalue weighted by molar-refractivity contribution is -0.143. The molecule has 2 aliphatic heterocycles. The average molecular weight is 327 g/mol. The Hall–Kier alpha value is -0.960. The molecule has 1 saturated heterocycles. The number of nitrogens with zero attached hydrogens (tertiary/aromatic N) is 2. The molecule has 1 aliphatic carbocycles. The van der Waals surface area contributed by atoms with Gasteiger partial charge in [-0.15, -0.1) is 0 Å². The number of fused-ring (bicyclic) bond motifs is 1. The highest BCUT2D eigenvalue weighted by atomic mass is 32.2. The molecule has 3 aliphatic rings. The number of hydrogen-bond donors (Lipinski definition) is 2. The van der Waals surface area contributed by atoms with Gasteiger partial charge in [-0.05, 0) is 25.7 Å². The predicted octanol–water partition coefficient (Wildman–Crippen LogP) is 0.0376. The molecule has 0 amide bonds. The van der Waals surface area contributed by atoms with Crippen LogP contribution in [0.15, 0.2) is 11.2 Å². The summed E-state index contributed by atoms with van der Waals surface area (Å²) in [6.45, 7) is 1.87. The number of imidazole rings is 1. The highest BCUT2D eigenvalue weighted by Crippen LogP contribution is 2.49. The maximum Gasteiger partial charge on any atom is 0.258 e. The van der Waals surface area contributed by atoms with Crippen LogP contribution in [-0.4, -0.2) is 48.4 Å². The number of rotatable bonds is 3. The molecule has 2 fully saturated rings. The summed E-state index contributed by atoms with van der Waals surface area (Å²) in [7, 11) is -3.60. The fraction of sp³-hybridized carbons (Fsp3) is 0.786. The van der Waals surface area contributed by atoms with Gasteiger partial charge in [-0.25, -0.2) is 18.1 Å². The molecule has 3 heterocycles. The zero-order valence-corrected chi connectivity index (χ0v) is 13.2. The van der Waals surface area contributed by atoms with E-state index < -0.39 is 16.1 Å². The van der Waals surface area contributed by atoms with E-state index in [0.717, 1.165) is 18.7 Å². The van der Waals surface area contributed by atoms with Gasteiger partial charge in [-0.1, -0.05) is 0 Å². The van der Waals surface area contributed by atoms with Crippen molar-refractivity contribution in [3.63, 3.8) is 0 Å². The number of nitrogens with one attached hydrogen (secondary N) is 1. The Bertz CT molecular complexity index is 678. The largest absolute Gasteiger partial charge is 0.392 e. The van der Waals surface area contributed by atoms with Gasteiger partial charge in [0, 0.05) is 37.6 Å². The molecule has 8 heteroatoms. The predicted molar refractivity (Wildman–Crippen MR) is 77.8 cm³/mol. The Morgan fingerprint density at radius 3 is 2.91 bits per heavy atom. The van der Waals surface area contributed by atoms with E-state index in [1.54, 1.807) is 4.57 Å². The number of ether oxygens (including phenoxy) is 1. The van der Waals surface area contributed by atoms with E-state index >= 15 is 0 Å². The first kappa shape index (κ1) is 14.6. The van der Waals surface area contributed by atoms with Gasteiger partial charge in [0.15, 0.2) is 5.03 Å². The van der Waals surface area contributed by atoms with Crippen molar-refractivity contribution in [1.29, 1.82) is 0 Å². The summed E-state index contributed by atoms with van der Waals surface area (Å²) in [5, 5.41) is 10.4. The van der Waals surface area contributed by atoms with Crippen molar-refractivity contribution < 1.29 is 18.3 Å². The van der Waals surface area contributed by atoms with Gasteiger partial charge >= 0.3 is 0 Å². The smallest absolute Gasteiger partial charge is 0.258 e. The molecule has 7 nitrogen and oxygen atoms in total. The summed E-state index contributed by atoms with van der Waals surface area (Å²) < 4.78 is 35.4. The highest BCUT2D eigenvalue weighted by Gasteiger charge is 2.56. The van der Waals surface area contributed by atoms with Crippen molar-refractivity contribution in [3.05, 3.63) is 12.0 Å². The van der Waals surface area contributed by atoms with E-state index in [2.05, 4.69) is 9.71 Å². The third kappa shape index (κ3) is 2.05. The SMILES string of the molecule is O=S(=O)(N[C@@H]1C[C@@H](O)C12CCOCC2)c1cnc2n1CCC2. The molecule has 4 rings (SSSR count). The van der Waals surface area contributed by atoms with Crippen LogP contribution in [0.25, 0.3) is 0 Å². The topological polar surface area (TPSA) is 93.5 Å². The molecule has 0 unspecified atom stereocenters. The molecule has 2 atom stereocenters. The first-order chi connectivity index (χ1) is 10.5. The van der Waals surface area contributed by atoms with Crippen LogP contribution in [0.1, 0.15) is 31.5 Å². The second-order valence-corrected chi connectivity index (χ2v) is 8.20. The molecule has 1 aromatic heterocycles. The Morgan fingerprint density at radius 1 is 1.41 bits per heavy atom. The second kappa shape index (κ2) is 5.02. The van der Waals surface area contributed by atoms with Crippen molar-refractivity contribution in [2.24, 2.45) is 5.41 Å². The average Bonchev–Trinajstić information content (AvgIpc) is 3.10. The van der Waals surface area contributed by atoms with E-state index in [1.807, 2.05) is 0 Å². The molecule has 0 radical (unpaired) electrons. The van der Waals surface area contributed by atoms with E-state index in [-0.39, 0.29) is 16.5 Å². The maximum atomic E-state index is 12.7. The molecular formula is C14H21N3O4S. The molecule has 0 bridgehead atoms. The third-order valence-electron chi connectivity index (χ3n) is 5.50. The molecule has 122 valence electrons. The van der Waals surface area contributed by atoms with Gasteiger partial charge in [0.1, 0.15) is 5.82 Å². The minimum Gasteiger partial charge on any atom is -0.392 e. The minimum absolute atomic E-state index is 0.219. The van der Waals surface area contributed by atoms with Crippen LogP contribution in [-0.2, 0) is 27.7 Å². The lowest BCUT2D eigenvalue weighted by atomic mass is 9.58. The number of hydrogen-bond acceptors (Lipinski definition) is 5. The molecule has 0 aromatic carbocycles. The van der Waals surface area contributed by atoms with Gasteiger partial charge in [0.05, 0.1) is 12.3 Å².